The first-order chi connectivity index (χ1) is 13.2. The number of aliphatic hydroxyl groups is 1. The number of aromatic nitrogens is 4. The molecule has 0 spiro atoms. The summed E-state index contributed by atoms with van der Waals surface area (Å²) >= 11 is 1.52. The highest BCUT2D eigenvalue weighted by Crippen LogP contribution is 2.33. The standard InChI is InChI=1S/C19H18FN5OS/c1-2-14(11-26)22-18-21-8-7-15(23-18)17-16(12-3-5-13(20)6-4-12)24-19-25(17)9-10-27-19/h3-10,14,26H,2,11H2,1H3,(H,21,22,23)/t14-/m0/s1. The SMILES string of the molecule is CC[C@@H](CO)Nc1nccc(-c2c(-c3ccc(F)cc3)nc3sccn23)n1. The summed E-state index contributed by atoms with van der Waals surface area (Å²) in [5.41, 5.74) is 3.07. The van der Waals surface area contributed by atoms with Crippen LogP contribution in [0.2, 0.25) is 0 Å². The fourth-order valence-electron chi connectivity index (χ4n) is 2.86. The minimum atomic E-state index is -0.288. The molecule has 0 radical (unpaired) electrons. The van der Waals surface area contributed by atoms with Crippen molar-refractivity contribution in [2.75, 3.05) is 11.9 Å². The smallest absolute Gasteiger partial charge is 0.223 e. The Kier molecular flexibility index (Phi) is 4.83. The van der Waals surface area contributed by atoms with E-state index in [0.717, 1.165) is 28.3 Å². The number of nitrogens with zero attached hydrogens (tertiary/aromatic N) is 4. The molecule has 0 aliphatic heterocycles. The van der Waals surface area contributed by atoms with E-state index in [-0.39, 0.29) is 18.5 Å². The van der Waals surface area contributed by atoms with E-state index < -0.39 is 0 Å². The third-order valence-electron chi connectivity index (χ3n) is 4.32. The average molecular weight is 383 g/mol. The average Bonchev–Trinajstić information content (AvgIpc) is 3.28. The summed E-state index contributed by atoms with van der Waals surface area (Å²) in [6.45, 7) is 1.99. The molecule has 4 aromatic rings. The minimum Gasteiger partial charge on any atom is -0.394 e. The predicted molar refractivity (Wildman–Crippen MR) is 104 cm³/mol. The molecule has 3 heterocycles. The number of hydrogen-bond donors (Lipinski definition) is 2. The van der Waals surface area contributed by atoms with E-state index in [1.807, 2.05) is 29.0 Å². The lowest BCUT2D eigenvalue weighted by Gasteiger charge is -2.14. The van der Waals surface area contributed by atoms with E-state index in [1.165, 1.54) is 23.5 Å². The van der Waals surface area contributed by atoms with E-state index in [0.29, 0.717) is 11.6 Å². The van der Waals surface area contributed by atoms with Crippen molar-refractivity contribution in [3.8, 4) is 22.6 Å². The first kappa shape index (κ1) is 17.6. The molecule has 2 N–H and O–H groups in total. The molecule has 6 nitrogen and oxygen atoms in total. The summed E-state index contributed by atoms with van der Waals surface area (Å²) in [5.74, 6) is 0.160. The molecule has 0 aliphatic rings. The Hall–Kier alpha value is -2.84. The molecule has 1 aromatic carbocycles. The van der Waals surface area contributed by atoms with E-state index in [9.17, 15) is 9.50 Å². The van der Waals surface area contributed by atoms with Gasteiger partial charge in [0.25, 0.3) is 0 Å². The zero-order chi connectivity index (χ0) is 18.8. The molecule has 27 heavy (non-hydrogen) atoms. The largest absolute Gasteiger partial charge is 0.394 e. The van der Waals surface area contributed by atoms with Gasteiger partial charge in [-0.2, -0.15) is 0 Å². The van der Waals surface area contributed by atoms with Crippen LogP contribution in [0.1, 0.15) is 13.3 Å². The third-order valence-corrected chi connectivity index (χ3v) is 5.08. The van der Waals surface area contributed by atoms with Crippen LogP contribution in [0, 0.1) is 5.82 Å². The van der Waals surface area contributed by atoms with Gasteiger partial charge in [-0.15, -0.1) is 11.3 Å². The van der Waals surface area contributed by atoms with E-state index in [1.54, 1.807) is 18.3 Å². The number of hydrogen-bond acceptors (Lipinski definition) is 6. The number of nitrogens with one attached hydrogen (secondary N) is 1. The van der Waals surface area contributed by atoms with Crippen LogP contribution in [-0.2, 0) is 0 Å². The van der Waals surface area contributed by atoms with Crippen LogP contribution in [0.15, 0.2) is 48.1 Å². The summed E-state index contributed by atoms with van der Waals surface area (Å²) in [7, 11) is 0. The highest BCUT2D eigenvalue weighted by molar-refractivity contribution is 7.15. The van der Waals surface area contributed by atoms with Crippen LogP contribution in [0.4, 0.5) is 10.3 Å². The van der Waals surface area contributed by atoms with Crippen molar-refractivity contribution in [3.63, 3.8) is 0 Å². The molecule has 0 fully saturated rings. The Balaban J connectivity index is 1.82. The molecule has 0 bridgehead atoms. The van der Waals surface area contributed by atoms with Crippen LogP contribution in [0.3, 0.4) is 0 Å². The first-order valence-electron chi connectivity index (χ1n) is 8.62. The Morgan fingerprint density at radius 3 is 2.78 bits per heavy atom. The van der Waals surface area contributed by atoms with Gasteiger partial charge < -0.3 is 10.4 Å². The van der Waals surface area contributed by atoms with Crippen molar-refractivity contribution in [1.29, 1.82) is 0 Å². The van der Waals surface area contributed by atoms with Crippen molar-refractivity contribution in [3.05, 3.63) is 53.9 Å². The van der Waals surface area contributed by atoms with Crippen molar-refractivity contribution < 1.29 is 9.50 Å². The fraction of sp³-hybridized carbons (Fsp3) is 0.211. The summed E-state index contributed by atoms with van der Waals surface area (Å²) in [6.07, 6.45) is 4.37. The molecule has 3 aromatic heterocycles. The van der Waals surface area contributed by atoms with Crippen LogP contribution in [0.25, 0.3) is 27.6 Å². The van der Waals surface area contributed by atoms with Crippen LogP contribution >= 0.6 is 11.3 Å². The number of rotatable bonds is 6. The monoisotopic (exact) mass is 383 g/mol. The number of fused-ring (bicyclic) bond motifs is 1. The lowest BCUT2D eigenvalue weighted by molar-refractivity contribution is 0.271. The number of aliphatic hydroxyl groups excluding tert-OH is 1. The fourth-order valence-corrected chi connectivity index (χ4v) is 3.57. The van der Waals surface area contributed by atoms with Crippen molar-refractivity contribution in [2.45, 2.75) is 19.4 Å². The predicted octanol–water partition coefficient (Wildman–Crippen LogP) is 3.84. The highest BCUT2D eigenvalue weighted by atomic mass is 32.1. The van der Waals surface area contributed by atoms with Gasteiger partial charge in [-0.3, -0.25) is 4.40 Å². The lowest BCUT2D eigenvalue weighted by atomic mass is 10.1. The maximum Gasteiger partial charge on any atom is 0.223 e. The molecule has 0 amide bonds. The second-order valence-corrected chi connectivity index (χ2v) is 6.94. The van der Waals surface area contributed by atoms with Crippen LogP contribution in [0.5, 0.6) is 0 Å². The van der Waals surface area contributed by atoms with Gasteiger partial charge in [0.1, 0.15) is 11.5 Å². The molecule has 4 rings (SSSR count). The molecule has 0 aliphatic carbocycles. The summed E-state index contributed by atoms with van der Waals surface area (Å²) in [6, 6.07) is 7.98. The van der Waals surface area contributed by atoms with Gasteiger partial charge in [-0.1, -0.05) is 6.92 Å². The number of benzene rings is 1. The first-order valence-corrected chi connectivity index (χ1v) is 9.50. The van der Waals surface area contributed by atoms with E-state index in [2.05, 4.69) is 15.3 Å². The second kappa shape index (κ2) is 7.42. The van der Waals surface area contributed by atoms with Gasteiger partial charge in [-0.25, -0.2) is 19.3 Å². The Bertz CT molecular complexity index is 1060. The van der Waals surface area contributed by atoms with Crippen LogP contribution < -0.4 is 5.32 Å². The Labute approximate surface area is 159 Å². The highest BCUT2D eigenvalue weighted by Gasteiger charge is 2.19. The molecule has 1 atom stereocenters. The minimum absolute atomic E-state index is 0.00632. The van der Waals surface area contributed by atoms with Gasteiger partial charge in [-0.05, 0) is 36.8 Å². The maximum absolute atomic E-state index is 13.3. The third kappa shape index (κ3) is 3.41. The van der Waals surface area contributed by atoms with Crippen molar-refractivity contribution in [1.82, 2.24) is 19.4 Å². The number of imidazole rings is 1. The molecular formula is C19H18FN5OS. The maximum atomic E-state index is 13.3. The lowest BCUT2D eigenvalue weighted by Crippen LogP contribution is -2.23. The van der Waals surface area contributed by atoms with Crippen molar-refractivity contribution in [2.24, 2.45) is 0 Å². The van der Waals surface area contributed by atoms with Gasteiger partial charge in [0.15, 0.2) is 4.96 Å². The quantitative estimate of drug-likeness (QED) is 0.529. The van der Waals surface area contributed by atoms with Gasteiger partial charge >= 0.3 is 0 Å². The van der Waals surface area contributed by atoms with Gasteiger partial charge in [0.05, 0.1) is 24.0 Å². The molecule has 8 heteroatoms. The van der Waals surface area contributed by atoms with E-state index >= 15 is 0 Å². The zero-order valence-corrected chi connectivity index (χ0v) is 15.4. The molecular weight excluding hydrogens is 365 g/mol. The topological polar surface area (TPSA) is 75.3 Å². The Morgan fingerprint density at radius 1 is 1.22 bits per heavy atom. The number of halogens is 1. The van der Waals surface area contributed by atoms with Crippen LogP contribution in [-0.4, -0.2) is 37.1 Å². The van der Waals surface area contributed by atoms with Crippen molar-refractivity contribution >= 4 is 22.2 Å². The Morgan fingerprint density at radius 2 is 2.04 bits per heavy atom. The molecule has 138 valence electrons. The molecule has 0 unspecified atom stereocenters. The summed E-state index contributed by atoms with van der Waals surface area (Å²) < 4.78 is 15.3. The normalized spacial score (nSPS) is 12.4. The number of anilines is 1. The van der Waals surface area contributed by atoms with E-state index in [4.69, 9.17) is 4.98 Å². The van der Waals surface area contributed by atoms with Gasteiger partial charge in [0.2, 0.25) is 5.95 Å². The zero-order valence-electron chi connectivity index (χ0n) is 14.6. The molecule has 0 saturated carbocycles. The number of thiazole rings is 1. The second-order valence-electron chi connectivity index (χ2n) is 6.07. The molecule has 0 saturated heterocycles. The summed E-state index contributed by atoms with van der Waals surface area (Å²) in [5, 5.41) is 14.5. The van der Waals surface area contributed by atoms with Gasteiger partial charge in [0, 0.05) is 23.3 Å². The summed E-state index contributed by atoms with van der Waals surface area (Å²) in [4.78, 5) is 14.4.